The molecule has 1 aliphatic heterocycles. The number of nitrogens with zero attached hydrogens (tertiary/aromatic N) is 2. The van der Waals surface area contributed by atoms with Crippen molar-refractivity contribution in [3.05, 3.63) is 12.7 Å². The quantitative estimate of drug-likeness (QED) is 0.336. The maximum absolute atomic E-state index is 12.1. The zero-order valence-corrected chi connectivity index (χ0v) is 12.2. The Balaban J connectivity index is 0.00000289. The van der Waals surface area contributed by atoms with Crippen molar-refractivity contribution in [2.45, 2.75) is 18.6 Å². The second-order valence-corrected chi connectivity index (χ2v) is 3.99. The van der Waals surface area contributed by atoms with Gasteiger partial charge in [-0.25, -0.2) is 4.99 Å². The van der Waals surface area contributed by atoms with Crippen molar-refractivity contribution in [1.29, 1.82) is 0 Å². The molecule has 0 radical (unpaired) electrons. The molecule has 18 heavy (non-hydrogen) atoms. The van der Waals surface area contributed by atoms with E-state index < -0.39 is 12.7 Å². The summed E-state index contributed by atoms with van der Waals surface area (Å²) in [7, 11) is 0. The first kappa shape index (κ1) is 17.5. The molecule has 0 saturated carbocycles. The van der Waals surface area contributed by atoms with Gasteiger partial charge in [-0.3, -0.25) is 4.90 Å². The molecule has 0 aromatic heterocycles. The Bertz CT molecular complexity index is 293. The van der Waals surface area contributed by atoms with Crippen molar-refractivity contribution in [3.8, 4) is 0 Å². The molecule has 1 unspecified atom stereocenters. The molecule has 0 amide bonds. The van der Waals surface area contributed by atoms with Crippen molar-refractivity contribution in [2.75, 3.05) is 26.2 Å². The Morgan fingerprint density at radius 1 is 1.56 bits per heavy atom. The van der Waals surface area contributed by atoms with Crippen LogP contribution in [-0.2, 0) is 0 Å². The van der Waals surface area contributed by atoms with Crippen LogP contribution in [0.25, 0.3) is 0 Å². The van der Waals surface area contributed by atoms with Gasteiger partial charge in [-0.2, -0.15) is 13.2 Å². The predicted octanol–water partition coefficient (Wildman–Crippen LogP) is 1.33. The Kier molecular flexibility index (Phi) is 7.60. The first-order valence-electron chi connectivity index (χ1n) is 5.37. The van der Waals surface area contributed by atoms with Crippen LogP contribution in [0.15, 0.2) is 17.6 Å². The highest BCUT2D eigenvalue weighted by atomic mass is 127. The van der Waals surface area contributed by atoms with Gasteiger partial charge in [0.2, 0.25) is 0 Å². The van der Waals surface area contributed by atoms with E-state index in [9.17, 15) is 13.2 Å². The molecule has 0 aliphatic carbocycles. The third-order valence-corrected chi connectivity index (χ3v) is 2.42. The Labute approximate surface area is 122 Å². The van der Waals surface area contributed by atoms with Gasteiger partial charge < -0.3 is 11.1 Å². The lowest BCUT2D eigenvalue weighted by Crippen LogP contribution is -2.42. The van der Waals surface area contributed by atoms with Crippen LogP contribution < -0.4 is 11.1 Å². The lowest BCUT2D eigenvalue weighted by Gasteiger charge is -2.18. The summed E-state index contributed by atoms with van der Waals surface area (Å²) in [6.45, 7) is 3.79. The summed E-state index contributed by atoms with van der Waals surface area (Å²) in [4.78, 5) is 5.29. The van der Waals surface area contributed by atoms with Crippen molar-refractivity contribution < 1.29 is 13.2 Å². The number of hydrogen-bond donors (Lipinski definition) is 2. The number of likely N-dealkylation sites (tertiary alicyclic amines) is 1. The molecular formula is C10H18F3IN4. The normalized spacial score (nSPS) is 21.5. The smallest absolute Gasteiger partial charge is 0.370 e. The number of guanidine groups is 1. The fourth-order valence-corrected chi connectivity index (χ4v) is 1.77. The topological polar surface area (TPSA) is 53.6 Å². The molecule has 4 nitrogen and oxygen atoms in total. The number of aliphatic imine (C=N–C) groups is 1. The number of nitrogens with one attached hydrogen (secondary N) is 1. The largest absolute Gasteiger partial charge is 0.401 e. The monoisotopic (exact) mass is 378 g/mol. The molecule has 8 heteroatoms. The average molecular weight is 378 g/mol. The van der Waals surface area contributed by atoms with Gasteiger partial charge in [0.05, 0.1) is 13.1 Å². The molecule has 1 atom stereocenters. The van der Waals surface area contributed by atoms with Crippen LogP contribution in [0.3, 0.4) is 0 Å². The number of alkyl halides is 3. The SMILES string of the molecule is C=CCN=C(N)NC1CCN(CC(F)(F)F)C1.I. The average Bonchev–Trinajstić information content (AvgIpc) is 2.59. The van der Waals surface area contributed by atoms with Crippen molar-refractivity contribution in [3.63, 3.8) is 0 Å². The van der Waals surface area contributed by atoms with E-state index in [1.165, 1.54) is 4.90 Å². The second-order valence-electron chi connectivity index (χ2n) is 3.99. The summed E-state index contributed by atoms with van der Waals surface area (Å²) < 4.78 is 36.4. The molecule has 1 rings (SSSR count). The van der Waals surface area contributed by atoms with Gasteiger partial charge in [-0.1, -0.05) is 6.08 Å². The summed E-state index contributed by atoms with van der Waals surface area (Å²) >= 11 is 0. The molecule has 1 heterocycles. The first-order chi connectivity index (χ1) is 7.90. The van der Waals surface area contributed by atoms with Crippen LogP contribution in [-0.4, -0.2) is 49.3 Å². The van der Waals surface area contributed by atoms with Crippen LogP contribution in [0.5, 0.6) is 0 Å². The summed E-state index contributed by atoms with van der Waals surface area (Å²) in [6, 6.07) is -0.0640. The van der Waals surface area contributed by atoms with Gasteiger partial charge in [0, 0.05) is 19.1 Å². The highest BCUT2D eigenvalue weighted by Crippen LogP contribution is 2.19. The maximum Gasteiger partial charge on any atom is 0.401 e. The predicted molar refractivity (Wildman–Crippen MR) is 76.1 cm³/mol. The number of nitrogens with two attached hydrogens (primary N) is 1. The summed E-state index contributed by atoms with van der Waals surface area (Å²) in [5.41, 5.74) is 5.56. The minimum Gasteiger partial charge on any atom is -0.370 e. The molecular weight excluding hydrogens is 360 g/mol. The molecule has 1 saturated heterocycles. The van der Waals surface area contributed by atoms with Crippen LogP contribution in [0.1, 0.15) is 6.42 Å². The summed E-state index contributed by atoms with van der Waals surface area (Å²) in [6.07, 6.45) is -1.91. The first-order valence-corrected chi connectivity index (χ1v) is 5.37. The van der Waals surface area contributed by atoms with Crippen LogP contribution in [0.4, 0.5) is 13.2 Å². The minimum atomic E-state index is -4.14. The highest BCUT2D eigenvalue weighted by molar-refractivity contribution is 14.0. The van der Waals surface area contributed by atoms with Crippen molar-refractivity contribution in [1.82, 2.24) is 10.2 Å². The molecule has 0 spiro atoms. The highest BCUT2D eigenvalue weighted by Gasteiger charge is 2.34. The Morgan fingerprint density at radius 2 is 2.22 bits per heavy atom. The Hall–Kier alpha value is -0.510. The summed E-state index contributed by atoms with van der Waals surface area (Å²) in [5, 5.41) is 2.90. The Morgan fingerprint density at radius 3 is 2.78 bits per heavy atom. The number of hydrogen-bond acceptors (Lipinski definition) is 2. The molecule has 0 bridgehead atoms. The van der Waals surface area contributed by atoms with Crippen LogP contribution >= 0.6 is 24.0 Å². The van der Waals surface area contributed by atoms with E-state index in [2.05, 4.69) is 16.9 Å². The van der Waals surface area contributed by atoms with E-state index in [-0.39, 0.29) is 36.0 Å². The lowest BCUT2D eigenvalue weighted by atomic mass is 10.3. The van der Waals surface area contributed by atoms with Crippen molar-refractivity contribution in [2.24, 2.45) is 10.7 Å². The molecule has 0 aromatic carbocycles. The zero-order chi connectivity index (χ0) is 12.9. The van der Waals surface area contributed by atoms with E-state index in [0.717, 1.165) is 0 Å². The third-order valence-electron chi connectivity index (χ3n) is 2.42. The number of rotatable bonds is 4. The third kappa shape index (κ3) is 7.04. The van der Waals surface area contributed by atoms with Crippen LogP contribution in [0.2, 0.25) is 0 Å². The minimum absolute atomic E-state index is 0. The number of halogens is 4. The molecule has 1 aliphatic rings. The standard InChI is InChI=1S/C10H17F3N4.HI/c1-2-4-15-9(14)16-8-3-5-17(6-8)7-10(11,12)13;/h2,8H,1,3-7H2,(H3,14,15,16);1H. The van der Waals surface area contributed by atoms with Gasteiger partial charge >= 0.3 is 6.18 Å². The fourth-order valence-electron chi connectivity index (χ4n) is 1.77. The molecule has 0 aromatic rings. The fraction of sp³-hybridized carbons (Fsp3) is 0.700. The zero-order valence-electron chi connectivity index (χ0n) is 9.91. The maximum atomic E-state index is 12.1. The van der Waals surface area contributed by atoms with Gasteiger partial charge in [0.15, 0.2) is 5.96 Å². The van der Waals surface area contributed by atoms with Crippen molar-refractivity contribution >= 4 is 29.9 Å². The van der Waals surface area contributed by atoms with Crippen LogP contribution in [0, 0.1) is 0 Å². The van der Waals surface area contributed by atoms with Gasteiger partial charge in [0.25, 0.3) is 0 Å². The molecule has 1 fully saturated rings. The van der Waals surface area contributed by atoms with Gasteiger partial charge in [-0.05, 0) is 6.42 Å². The van der Waals surface area contributed by atoms with Gasteiger partial charge in [-0.15, -0.1) is 30.6 Å². The van der Waals surface area contributed by atoms with E-state index in [1.807, 2.05) is 0 Å². The van der Waals surface area contributed by atoms with Gasteiger partial charge in [0.1, 0.15) is 0 Å². The van der Waals surface area contributed by atoms with E-state index in [1.54, 1.807) is 6.08 Å². The van der Waals surface area contributed by atoms with E-state index in [0.29, 0.717) is 26.1 Å². The molecule has 3 N–H and O–H groups in total. The summed E-state index contributed by atoms with van der Waals surface area (Å²) in [5.74, 6) is 0.253. The lowest BCUT2D eigenvalue weighted by molar-refractivity contribution is -0.143. The van der Waals surface area contributed by atoms with E-state index >= 15 is 0 Å². The molecule has 106 valence electrons. The second kappa shape index (κ2) is 7.82. The van der Waals surface area contributed by atoms with E-state index in [4.69, 9.17) is 5.73 Å².